The van der Waals surface area contributed by atoms with Crippen LogP contribution in [0.4, 0.5) is 0 Å². The second kappa shape index (κ2) is 4.17. The van der Waals surface area contributed by atoms with Crippen molar-refractivity contribution < 1.29 is 5.11 Å². The molecule has 0 aliphatic carbocycles. The fraction of sp³-hybridized carbons (Fsp3) is 1.00. The van der Waals surface area contributed by atoms with Crippen molar-refractivity contribution in [3.05, 3.63) is 0 Å². The molecule has 0 radical (unpaired) electrons. The van der Waals surface area contributed by atoms with Gasteiger partial charge in [0, 0.05) is 43.2 Å². The minimum absolute atomic E-state index is 0.327. The quantitative estimate of drug-likeness (QED) is 0.666. The van der Waals surface area contributed by atoms with Crippen molar-refractivity contribution in [1.82, 2.24) is 9.80 Å². The van der Waals surface area contributed by atoms with E-state index in [1.807, 2.05) is 11.8 Å². The number of aliphatic hydroxyl groups is 1. The Bertz CT molecular complexity index is 173. The molecule has 3 nitrogen and oxygen atoms in total. The van der Waals surface area contributed by atoms with Crippen molar-refractivity contribution in [2.75, 3.05) is 44.8 Å². The number of hydrogen-bond acceptors (Lipinski definition) is 4. The van der Waals surface area contributed by atoms with Gasteiger partial charge in [-0.2, -0.15) is 11.8 Å². The van der Waals surface area contributed by atoms with Gasteiger partial charge in [0.05, 0.1) is 6.61 Å². The Hall–Kier alpha value is 0.230. The van der Waals surface area contributed by atoms with Gasteiger partial charge in [-0.15, -0.1) is 0 Å². The molecule has 0 saturated carbocycles. The van der Waals surface area contributed by atoms with E-state index >= 15 is 0 Å². The smallest absolute Gasteiger partial charge is 0.0595 e. The molecule has 0 aromatic carbocycles. The predicted molar refractivity (Wildman–Crippen MR) is 56.2 cm³/mol. The van der Waals surface area contributed by atoms with Crippen LogP contribution in [0.25, 0.3) is 0 Å². The van der Waals surface area contributed by atoms with Crippen LogP contribution in [-0.4, -0.2) is 71.8 Å². The molecule has 0 bridgehead atoms. The zero-order valence-corrected chi connectivity index (χ0v) is 8.96. The topological polar surface area (TPSA) is 26.7 Å². The predicted octanol–water partition coefficient (Wildman–Crippen LogP) is -0.290. The van der Waals surface area contributed by atoms with Gasteiger partial charge in [0.1, 0.15) is 0 Å². The average Bonchev–Trinajstić information content (AvgIpc) is 2.13. The molecule has 0 amide bonds. The lowest BCUT2D eigenvalue weighted by Crippen LogP contribution is -2.62. The normalized spacial score (nSPS) is 33.2. The van der Waals surface area contributed by atoms with Gasteiger partial charge in [0.2, 0.25) is 0 Å². The minimum atomic E-state index is 0.327. The highest BCUT2D eigenvalue weighted by atomic mass is 32.2. The molecule has 2 rings (SSSR count). The van der Waals surface area contributed by atoms with E-state index < -0.39 is 0 Å². The van der Waals surface area contributed by atoms with E-state index in [1.54, 1.807) is 0 Å². The number of rotatable bonds is 2. The molecule has 76 valence electrons. The number of nitrogens with zero attached hydrogens (tertiary/aromatic N) is 2. The van der Waals surface area contributed by atoms with Gasteiger partial charge in [-0.05, 0) is 7.05 Å². The number of hydrogen-bond donors (Lipinski definition) is 1. The molecule has 2 heterocycles. The number of aliphatic hydroxyl groups excluding tert-OH is 1. The minimum Gasteiger partial charge on any atom is -0.395 e. The molecular formula is C9H18N2OS. The Kier molecular flexibility index (Phi) is 3.14. The second-order valence-electron chi connectivity index (χ2n) is 4.02. The van der Waals surface area contributed by atoms with Crippen molar-refractivity contribution in [2.24, 2.45) is 0 Å². The molecule has 13 heavy (non-hydrogen) atoms. The van der Waals surface area contributed by atoms with Gasteiger partial charge in [0.25, 0.3) is 0 Å². The van der Waals surface area contributed by atoms with Crippen LogP contribution in [0.5, 0.6) is 0 Å². The molecule has 0 aromatic rings. The summed E-state index contributed by atoms with van der Waals surface area (Å²) < 4.78 is 0. The fourth-order valence-electron chi connectivity index (χ4n) is 2.18. The van der Waals surface area contributed by atoms with Crippen molar-refractivity contribution in [1.29, 1.82) is 0 Å². The third kappa shape index (κ3) is 2.01. The zero-order chi connectivity index (χ0) is 9.26. The van der Waals surface area contributed by atoms with Gasteiger partial charge in [-0.25, -0.2) is 0 Å². The van der Waals surface area contributed by atoms with Crippen molar-refractivity contribution >= 4 is 11.8 Å². The Morgan fingerprint density at radius 1 is 1.46 bits per heavy atom. The molecule has 1 N–H and O–H groups in total. The number of likely N-dealkylation sites (N-methyl/N-ethyl adjacent to an activating group) is 1. The summed E-state index contributed by atoms with van der Waals surface area (Å²) in [5.41, 5.74) is 0. The maximum Gasteiger partial charge on any atom is 0.0595 e. The third-order valence-corrected chi connectivity index (χ3v) is 4.09. The molecule has 0 spiro atoms. The summed E-state index contributed by atoms with van der Waals surface area (Å²) in [6.07, 6.45) is 0. The summed E-state index contributed by atoms with van der Waals surface area (Å²) in [4.78, 5) is 4.83. The maximum atomic E-state index is 9.23. The molecule has 4 heteroatoms. The summed E-state index contributed by atoms with van der Waals surface area (Å²) in [6.45, 7) is 3.85. The van der Waals surface area contributed by atoms with E-state index in [2.05, 4.69) is 16.8 Å². The van der Waals surface area contributed by atoms with Crippen molar-refractivity contribution in [3.8, 4) is 0 Å². The number of likely N-dealkylation sites (tertiary alicyclic amines) is 1. The number of thioether (sulfide) groups is 1. The fourth-order valence-corrected chi connectivity index (χ4v) is 3.26. The van der Waals surface area contributed by atoms with E-state index in [0.717, 1.165) is 12.3 Å². The SMILES string of the molecule is CN1CC(N2CCSC[C@H]2CO)C1. The van der Waals surface area contributed by atoms with E-state index in [9.17, 15) is 5.11 Å². The van der Waals surface area contributed by atoms with Gasteiger partial charge in [0.15, 0.2) is 0 Å². The summed E-state index contributed by atoms with van der Waals surface area (Å²) in [7, 11) is 2.16. The van der Waals surface area contributed by atoms with E-state index in [0.29, 0.717) is 18.7 Å². The first-order valence-corrected chi connectivity index (χ1v) is 6.09. The lowest BCUT2D eigenvalue weighted by atomic mass is 10.1. The van der Waals surface area contributed by atoms with Crippen molar-refractivity contribution in [2.45, 2.75) is 12.1 Å². The van der Waals surface area contributed by atoms with Crippen LogP contribution in [-0.2, 0) is 0 Å². The van der Waals surface area contributed by atoms with Crippen LogP contribution < -0.4 is 0 Å². The summed E-state index contributed by atoms with van der Waals surface area (Å²) in [5.74, 6) is 2.34. The largest absolute Gasteiger partial charge is 0.395 e. The summed E-state index contributed by atoms with van der Waals surface area (Å²) in [6, 6.07) is 1.13. The van der Waals surface area contributed by atoms with Crippen LogP contribution in [0.15, 0.2) is 0 Å². The monoisotopic (exact) mass is 202 g/mol. The highest BCUT2D eigenvalue weighted by Gasteiger charge is 2.34. The van der Waals surface area contributed by atoms with Gasteiger partial charge >= 0.3 is 0 Å². The summed E-state index contributed by atoms with van der Waals surface area (Å²) in [5, 5.41) is 9.23. The third-order valence-electron chi connectivity index (χ3n) is 3.00. The first kappa shape index (κ1) is 9.77. The molecule has 2 saturated heterocycles. The van der Waals surface area contributed by atoms with Crippen LogP contribution in [0.1, 0.15) is 0 Å². The van der Waals surface area contributed by atoms with Crippen LogP contribution in [0, 0.1) is 0 Å². The molecule has 0 aromatic heterocycles. The Balaban J connectivity index is 1.87. The van der Waals surface area contributed by atoms with Crippen molar-refractivity contribution in [3.63, 3.8) is 0 Å². The van der Waals surface area contributed by atoms with E-state index in [1.165, 1.54) is 18.8 Å². The second-order valence-corrected chi connectivity index (χ2v) is 5.17. The summed E-state index contributed by atoms with van der Waals surface area (Å²) >= 11 is 1.97. The molecule has 2 fully saturated rings. The van der Waals surface area contributed by atoms with E-state index in [-0.39, 0.29) is 0 Å². The average molecular weight is 202 g/mol. The molecular weight excluding hydrogens is 184 g/mol. The van der Waals surface area contributed by atoms with Gasteiger partial charge in [-0.3, -0.25) is 4.90 Å². The Morgan fingerprint density at radius 3 is 2.85 bits per heavy atom. The first-order valence-electron chi connectivity index (χ1n) is 4.94. The van der Waals surface area contributed by atoms with Crippen LogP contribution in [0.3, 0.4) is 0 Å². The molecule has 1 atom stereocenters. The van der Waals surface area contributed by atoms with E-state index in [4.69, 9.17) is 0 Å². The molecule has 2 aliphatic heterocycles. The molecule has 2 aliphatic rings. The highest BCUT2D eigenvalue weighted by Crippen LogP contribution is 2.22. The lowest BCUT2D eigenvalue weighted by molar-refractivity contribution is 0.0139. The van der Waals surface area contributed by atoms with Crippen LogP contribution >= 0.6 is 11.8 Å². The van der Waals surface area contributed by atoms with Gasteiger partial charge in [-0.1, -0.05) is 0 Å². The van der Waals surface area contributed by atoms with Gasteiger partial charge < -0.3 is 10.0 Å². The highest BCUT2D eigenvalue weighted by molar-refractivity contribution is 7.99. The Morgan fingerprint density at radius 2 is 2.23 bits per heavy atom. The first-order chi connectivity index (χ1) is 6.31. The lowest BCUT2D eigenvalue weighted by Gasteiger charge is -2.48. The standard InChI is InChI=1S/C9H18N2OS/c1-10-4-8(5-10)11-2-3-13-7-9(11)6-12/h8-9,12H,2-7H2,1H3/t9-/m1/s1. The molecule has 0 unspecified atom stereocenters. The maximum absolute atomic E-state index is 9.23. The Labute approximate surface area is 84.1 Å². The van der Waals surface area contributed by atoms with Crippen LogP contribution in [0.2, 0.25) is 0 Å². The zero-order valence-electron chi connectivity index (χ0n) is 8.15.